The topological polar surface area (TPSA) is 119 Å². The van der Waals surface area contributed by atoms with Crippen molar-refractivity contribution in [2.75, 3.05) is 13.1 Å². The van der Waals surface area contributed by atoms with Crippen molar-refractivity contribution in [3.05, 3.63) is 75.9 Å². The molecule has 1 fully saturated rings. The van der Waals surface area contributed by atoms with Gasteiger partial charge in [0.2, 0.25) is 0 Å². The zero-order valence-electron chi connectivity index (χ0n) is 22.5. The van der Waals surface area contributed by atoms with Crippen molar-refractivity contribution < 1.29 is 41.4 Å². The first-order chi connectivity index (χ1) is 20.2. The lowest BCUT2D eigenvalue weighted by molar-refractivity contribution is -0.192. The van der Waals surface area contributed by atoms with E-state index in [0.29, 0.717) is 52.7 Å². The number of nitrogens with one attached hydrogen (secondary N) is 1. The first-order valence-electron chi connectivity index (χ1n) is 12.9. The number of nitrogens with zero attached hydrogens (tertiary/aromatic N) is 2. The lowest BCUT2D eigenvalue weighted by atomic mass is 9.87. The minimum absolute atomic E-state index is 0. The van der Waals surface area contributed by atoms with Crippen LogP contribution in [0.4, 0.5) is 22.0 Å². The van der Waals surface area contributed by atoms with Gasteiger partial charge in [0, 0.05) is 28.1 Å². The highest BCUT2D eigenvalue weighted by Gasteiger charge is 2.42. The standard InChI is InChI=1S/C26H25ClF2N4O2S.C2HF3O2.CH4/c1-15(18-4-2-3-5-19(18)27)35-22-13-23(36-24(22)25(30)34)33-14-32-20-7-6-17(12-21(20)33)26(28,29)16-8-10-31-11-9-16;3-2(4,5)1(6)7;/h2-7,12-16,31H,8-11H2,1H3,(H2,30,34);(H,6,7);1H4/t15-;;/m1../s1. The first-order valence-corrected chi connectivity index (χ1v) is 14.1. The summed E-state index contributed by atoms with van der Waals surface area (Å²) in [5, 5.41) is 11.4. The second-order valence-corrected chi connectivity index (χ2v) is 11.1. The summed E-state index contributed by atoms with van der Waals surface area (Å²) in [5.41, 5.74) is 7.45. The van der Waals surface area contributed by atoms with Gasteiger partial charge in [-0.05, 0) is 51.1 Å². The molecule has 0 unspecified atom stereocenters. The number of halogens is 6. The Morgan fingerprint density at radius 1 is 1.14 bits per heavy atom. The summed E-state index contributed by atoms with van der Waals surface area (Å²) in [6.45, 7) is 2.99. The molecule has 1 saturated heterocycles. The third-order valence-electron chi connectivity index (χ3n) is 6.82. The molecule has 2 aromatic carbocycles. The highest BCUT2D eigenvalue weighted by atomic mass is 35.5. The van der Waals surface area contributed by atoms with Crippen LogP contribution in [0, 0.1) is 5.92 Å². The van der Waals surface area contributed by atoms with Crippen molar-refractivity contribution in [3.8, 4) is 10.8 Å². The molecule has 0 aliphatic carbocycles. The fraction of sp³-hybridized carbons (Fsp3) is 0.345. The van der Waals surface area contributed by atoms with Crippen LogP contribution in [-0.2, 0) is 10.7 Å². The van der Waals surface area contributed by atoms with Crippen molar-refractivity contribution in [1.82, 2.24) is 14.9 Å². The van der Waals surface area contributed by atoms with E-state index in [4.69, 9.17) is 32.0 Å². The molecule has 0 bridgehead atoms. The summed E-state index contributed by atoms with van der Waals surface area (Å²) < 4.78 is 70.3. The Balaban J connectivity index is 0.000000594. The van der Waals surface area contributed by atoms with Crippen molar-refractivity contribution >= 4 is 45.8 Å². The molecule has 3 heterocycles. The molecule has 15 heteroatoms. The minimum atomic E-state index is -5.08. The third-order valence-corrected chi connectivity index (χ3v) is 8.29. The number of carbonyl (C=O) groups is 2. The van der Waals surface area contributed by atoms with Crippen LogP contribution in [0.3, 0.4) is 0 Å². The molecule has 5 rings (SSSR count). The summed E-state index contributed by atoms with van der Waals surface area (Å²) >= 11 is 7.42. The summed E-state index contributed by atoms with van der Waals surface area (Å²) in [4.78, 5) is 25.7. The van der Waals surface area contributed by atoms with Gasteiger partial charge in [0.25, 0.3) is 11.8 Å². The number of nitrogens with two attached hydrogens (primary N) is 1. The molecule has 44 heavy (non-hydrogen) atoms. The first kappa shape index (κ1) is 34.7. The Hall–Kier alpha value is -3.75. The van der Waals surface area contributed by atoms with Gasteiger partial charge >= 0.3 is 12.1 Å². The van der Waals surface area contributed by atoms with Gasteiger partial charge in [-0.1, -0.05) is 43.3 Å². The van der Waals surface area contributed by atoms with Crippen molar-refractivity contribution in [3.63, 3.8) is 0 Å². The average molecular weight is 661 g/mol. The highest BCUT2D eigenvalue weighted by molar-refractivity contribution is 7.16. The molecular formula is C29H30ClF5N4O4S. The number of aromatic nitrogens is 2. The van der Waals surface area contributed by atoms with Crippen LogP contribution in [0.15, 0.2) is 54.9 Å². The number of carboxylic acids is 1. The lowest BCUT2D eigenvalue weighted by Crippen LogP contribution is -2.36. The second kappa shape index (κ2) is 13.9. The largest absolute Gasteiger partial charge is 0.490 e. The van der Waals surface area contributed by atoms with Gasteiger partial charge in [0.05, 0.1) is 11.0 Å². The maximum absolute atomic E-state index is 15.4. The SMILES string of the molecule is C.C[C@@H](Oc1cc(-n2cnc3ccc(C(F)(F)C4CCNCC4)cc32)sc1C(N)=O)c1ccccc1Cl.O=C(O)C(F)(F)F. The normalized spacial score (nSPS) is 14.7. The van der Waals surface area contributed by atoms with Gasteiger partial charge in [-0.3, -0.25) is 9.36 Å². The minimum Gasteiger partial charge on any atom is -0.484 e. The Labute approximate surface area is 258 Å². The average Bonchev–Trinajstić information content (AvgIpc) is 3.57. The van der Waals surface area contributed by atoms with Crippen LogP contribution < -0.4 is 15.8 Å². The Kier molecular flexibility index (Phi) is 11.0. The van der Waals surface area contributed by atoms with E-state index in [0.717, 1.165) is 16.9 Å². The number of hydrogen-bond donors (Lipinski definition) is 3. The number of piperidine rings is 1. The Morgan fingerprint density at radius 2 is 1.77 bits per heavy atom. The van der Waals surface area contributed by atoms with E-state index < -0.39 is 36.0 Å². The van der Waals surface area contributed by atoms with Gasteiger partial charge in [0.1, 0.15) is 28.1 Å². The number of alkyl halides is 5. The van der Waals surface area contributed by atoms with E-state index in [1.807, 2.05) is 25.1 Å². The van der Waals surface area contributed by atoms with Gasteiger partial charge in [-0.2, -0.15) is 13.2 Å². The number of imidazole rings is 1. The van der Waals surface area contributed by atoms with Gasteiger partial charge < -0.3 is 20.9 Å². The number of rotatable bonds is 7. The number of benzene rings is 2. The molecule has 0 radical (unpaired) electrons. The van der Waals surface area contributed by atoms with Crippen LogP contribution in [-0.4, -0.2) is 45.8 Å². The molecule has 2 aromatic heterocycles. The van der Waals surface area contributed by atoms with Crippen molar-refractivity contribution in [2.24, 2.45) is 11.7 Å². The van der Waals surface area contributed by atoms with E-state index in [2.05, 4.69) is 10.3 Å². The molecule has 1 aliphatic heterocycles. The zero-order valence-corrected chi connectivity index (χ0v) is 24.1. The number of ether oxygens (including phenoxy) is 1. The Morgan fingerprint density at radius 3 is 2.36 bits per heavy atom. The molecule has 4 N–H and O–H groups in total. The Bertz CT molecular complexity index is 1620. The molecule has 0 spiro atoms. The predicted octanol–water partition coefficient (Wildman–Crippen LogP) is 7.34. The fourth-order valence-corrected chi connectivity index (χ4v) is 5.83. The number of hydrogen-bond acceptors (Lipinski definition) is 6. The highest BCUT2D eigenvalue weighted by Crippen LogP contribution is 2.42. The number of amides is 1. The van der Waals surface area contributed by atoms with E-state index in [9.17, 15) is 18.0 Å². The number of aliphatic carboxylic acids is 1. The molecule has 238 valence electrons. The molecule has 8 nitrogen and oxygen atoms in total. The molecule has 1 amide bonds. The number of carboxylic acid groups (broad SMARTS) is 1. The molecule has 1 atom stereocenters. The van der Waals surface area contributed by atoms with E-state index in [1.165, 1.54) is 12.1 Å². The lowest BCUT2D eigenvalue weighted by Gasteiger charge is -2.30. The van der Waals surface area contributed by atoms with Crippen LogP contribution >= 0.6 is 22.9 Å². The molecular weight excluding hydrogens is 631 g/mol. The van der Waals surface area contributed by atoms with E-state index in [1.54, 1.807) is 29.1 Å². The van der Waals surface area contributed by atoms with E-state index in [-0.39, 0.29) is 17.9 Å². The molecule has 4 aromatic rings. The van der Waals surface area contributed by atoms with Crippen LogP contribution in [0.2, 0.25) is 5.02 Å². The van der Waals surface area contributed by atoms with Crippen LogP contribution in [0.5, 0.6) is 5.75 Å². The molecule has 0 saturated carbocycles. The number of thiophene rings is 1. The van der Waals surface area contributed by atoms with Crippen molar-refractivity contribution in [2.45, 2.75) is 45.4 Å². The maximum Gasteiger partial charge on any atom is 0.490 e. The van der Waals surface area contributed by atoms with Crippen LogP contribution in [0.25, 0.3) is 16.0 Å². The van der Waals surface area contributed by atoms with Gasteiger partial charge in [-0.15, -0.1) is 11.3 Å². The predicted molar refractivity (Wildman–Crippen MR) is 158 cm³/mol. The summed E-state index contributed by atoms with van der Waals surface area (Å²) in [7, 11) is 0. The van der Waals surface area contributed by atoms with Gasteiger partial charge in [0.15, 0.2) is 0 Å². The quantitative estimate of drug-likeness (QED) is 0.179. The fourth-order valence-electron chi connectivity index (χ4n) is 4.61. The summed E-state index contributed by atoms with van der Waals surface area (Å²) in [6, 6.07) is 13.5. The smallest absolute Gasteiger partial charge is 0.484 e. The molecule has 1 aliphatic rings. The summed E-state index contributed by atoms with van der Waals surface area (Å²) in [5.74, 6) is -6.78. The zero-order chi connectivity index (χ0) is 31.5. The number of carbonyl (C=O) groups excluding carboxylic acids is 1. The number of fused-ring (bicyclic) bond motifs is 1. The monoisotopic (exact) mass is 660 g/mol. The summed E-state index contributed by atoms with van der Waals surface area (Å²) in [6.07, 6.45) is -3.15. The third kappa shape index (κ3) is 7.66. The van der Waals surface area contributed by atoms with Crippen molar-refractivity contribution in [1.29, 1.82) is 0 Å². The second-order valence-electron chi connectivity index (χ2n) is 9.69. The van der Waals surface area contributed by atoms with E-state index >= 15 is 8.78 Å². The van der Waals surface area contributed by atoms with Gasteiger partial charge in [-0.25, -0.2) is 18.6 Å². The maximum atomic E-state index is 15.4. The number of primary amides is 1. The van der Waals surface area contributed by atoms with Crippen LogP contribution in [0.1, 0.15) is 54.1 Å².